The van der Waals surface area contributed by atoms with Gasteiger partial charge in [0.05, 0.1) is 0 Å². The number of piperidine rings is 1. The van der Waals surface area contributed by atoms with Crippen LogP contribution in [0, 0.1) is 0 Å². The Kier molecular flexibility index (Phi) is 4.74. The third-order valence-corrected chi connectivity index (χ3v) is 5.13. The van der Waals surface area contributed by atoms with Gasteiger partial charge in [-0.2, -0.15) is 0 Å². The van der Waals surface area contributed by atoms with Crippen molar-refractivity contribution >= 4 is 0 Å². The molecule has 2 fully saturated rings. The van der Waals surface area contributed by atoms with Gasteiger partial charge < -0.3 is 10.2 Å². The monoisotopic (exact) mass is 272 g/mol. The first kappa shape index (κ1) is 14.1. The molecule has 0 amide bonds. The molecule has 2 nitrogen and oxygen atoms in total. The van der Waals surface area contributed by atoms with E-state index in [9.17, 15) is 0 Å². The summed E-state index contributed by atoms with van der Waals surface area (Å²) >= 11 is 0. The lowest BCUT2D eigenvalue weighted by Crippen LogP contribution is -2.28. The van der Waals surface area contributed by atoms with Crippen molar-refractivity contribution in [1.29, 1.82) is 0 Å². The van der Waals surface area contributed by atoms with Crippen LogP contribution in [-0.2, 0) is 0 Å². The molecule has 20 heavy (non-hydrogen) atoms. The highest BCUT2D eigenvalue weighted by atomic mass is 15.1. The minimum absolute atomic E-state index is 0.734. The van der Waals surface area contributed by atoms with Gasteiger partial charge >= 0.3 is 0 Å². The molecule has 0 saturated carbocycles. The molecule has 3 rings (SSSR count). The van der Waals surface area contributed by atoms with Crippen molar-refractivity contribution in [3.8, 4) is 0 Å². The van der Waals surface area contributed by atoms with E-state index in [-0.39, 0.29) is 0 Å². The molecule has 2 aliphatic rings. The highest BCUT2D eigenvalue weighted by molar-refractivity contribution is 5.28. The molecule has 0 aliphatic carbocycles. The summed E-state index contributed by atoms with van der Waals surface area (Å²) in [5, 5.41) is 3.52. The first-order chi connectivity index (χ1) is 9.83. The van der Waals surface area contributed by atoms with Crippen LogP contribution in [0.1, 0.15) is 55.1 Å². The summed E-state index contributed by atoms with van der Waals surface area (Å²) < 4.78 is 0. The number of likely N-dealkylation sites (tertiary alicyclic amines) is 1. The largest absolute Gasteiger partial charge is 0.316 e. The topological polar surface area (TPSA) is 15.3 Å². The lowest BCUT2D eigenvalue weighted by atomic mass is 9.87. The molecule has 0 aromatic heterocycles. The van der Waals surface area contributed by atoms with E-state index in [1.165, 1.54) is 57.3 Å². The predicted octanol–water partition coefficient (Wildman–Crippen LogP) is 3.35. The number of benzene rings is 1. The Labute approximate surface area is 123 Å². The highest BCUT2D eigenvalue weighted by Crippen LogP contribution is 2.30. The zero-order chi connectivity index (χ0) is 13.8. The van der Waals surface area contributed by atoms with Gasteiger partial charge in [0.1, 0.15) is 0 Å². The predicted molar refractivity (Wildman–Crippen MR) is 85.4 cm³/mol. The maximum atomic E-state index is 3.52. The van der Waals surface area contributed by atoms with Crippen molar-refractivity contribution in [1.82, 2.24) is 10.2 Å². The normalized spacial score (nSPS) is 29.1. The SMILES string of the molecule is CN1CCCC(c2ccc(C3CCCNC3)cc2)CC1. The Morgan fingerprint density at radius 1 is 0.900 bits per heavy atom. The quantitative estimate of drug-likeness (QED) is 0.888. The zero-order valence-electron chi connectivity index (χ0n) is 12.8. The molecule has 2 heterocycles. The molecule has 2 atom stereocenters. The average Bonchev–Trinajstić information content (AvgIpc) is 2.73. The van der Waals surface area contributed by atoms with Gasteiger partial charge in [0, 0.05) is 6.54 Å². The summed E-state index contributed by atoms with van der Waals surface area (Å²) in [7, 11) is 2.25. The Bertz CT molecular complexity index is 406. The molecule has 110 valence electrons. The van der Waals surface area contributed by atoms with Crippen molar-refractivity contribution < 1.29 is 0 Å². The molecule has 2 unspecified atom stereocenters. The second-order valence-corrected chi connectivity index (χ2v) is 6.64. The second kappa shape index (κ2) is 6.73. The van der Waals surface area contributed by atoms with Crippen LogP contribution in [0.3, 0.4) is 0 Å². The minimum Gasteiger partial charge on any atom is -0.316 e. The summed E-state index contributed by atoms with van der Waals surface area (Å²) in [6, 6.07) is 9.59. The zero-order valence-corrected chi connectivity index (χ0v) is 12.8. The molecule has 1 aromatic rings. The second-order valence-electron chi connectivity index (χ2n) is 6.64. The summed E-state index contributed by atoms with van der Waals surface area (Å²) in [5.74, 6) is 1.51. The van der Waals surface area contributed by atoms with E-state index >= 15 is 0 Å². The Morgan fingerprint density at radius 3 is 2.30 bits per heavy atom. The van der Waals surface area contributed by atoms with Crippen LogP contribution < -0.4 is 5.32 Å². The molecule has 1 N–H and O–H groups in total. The van der Waals surface area contributed by atoms with E-state index in [2.05, 4.69) is 41.5 Å². The summed E-state index contributed by atoms with van der Waals surface area (Å²) in [5.41, 5.74) is 3.10. The lowest BCUT2D eigenvalue weighted by Gasteiger charge is -2.24. The van der Waals surface area contributed by atoms with E-state index in [1.54, 1.807) is 5.56 Å². The fourth-order valence-electron chi connectivity index (χ4n) is 3.75. The molecule has 0 bridgehead atoms. The fraction of sp³-hybridized carbons (Fsp3) is 0.667. The first-order valence-electron chi connectivity index (χ1n) is 8.32. The van der Waals surface area contributed by atoms with Crippen LogP contribution in [0.15, 0.2) is 24.3 Å². The highest BCUT2D eigenvalue weighted by Gasteiger charge is 2.18. The van der Waals surface area contributed by atoms with Gasteiger partial charge in [-0.25, -0.2) is 0 Å². The van der Waals surface area contributed by atoms with Gasteiger partial charge in [-0.15, -0.1) is 0 Å². The van der Waals surface area contributed by atoms with Crippen molar-refractivity contribution in [3.63, 3.8) is 0 Å². The van der Waals surface area contributed by atoms with Crippen LogP contribution in [0.5, 0.6) is 0 Å². The average molecular weight is 272 g/mol. The maximum Gasteiger partial charge on any atom is 0.00201 e. The number of rotatable bonds is 2. The van der Waals surface area contributed by atoms with Gasteiger partial charge in [-0.05, 0) is 81.7 Å². The van der Waals surface area contributed by atoms with Gasteiger partial charge in [-0.3, -0.25) is 0 Å². The summed E-state index contributed by atoms with van der Waals surface area (Å²) in [6.07, 6.45) is 6.69. The van der Waals surface area contributed by atoms with Gasteiger partial charge in [-0.1, -0.05) is 24.3 Å². The molecule has 0 radical (unpaired) electrons. The lowest BCUT2D eigenvalue weighted by molar-refractivity contribution is 0.347. The molecule has 2 heteroatoms. The van der Waals surface area contributed by atoms with Crippen LogP contribution in [0.2, 0.25) is 0 Å². The van der Waals surface area contributed by atoms with E-state index in [4.69, 9.17) is 0 Å². The van der Waals surface area contributed by atoms with Gasteiger partial charge in [0.2, 0.25) is 0 Å². The molecule has 2 saturated heterocycles. The van der Waals surface area contributed by atoms with Crippen LogP contribution in [0.4, 0.5) is 0 Å². The van der Waals surface area contributed by atoms with E-state index < -0.39 is 0 Å². The Morgan fingerprint density at radius 2 is 1.60 bits per heavy atom. The van der Waals surface area contributed by atoms with Crippen molar-refractivity contribution in [2.75, 3.05) is 33.2 Å². The third-order valence-electron chi connectivity index (χ3n) is 5.13. The van der Waals surface area contributed by atoms with Gasteiger partial charge in [0.25, 0.3) is 0 Å². The van der Waals surface area contributed by atoms with Crippen LogP contribution in [0.25, 0.3) is 0 Å². The van der Waals surface area contributed by atoms with Crippen LogP contribution >= 0.6 is 0 Å². The molecule has 0 spiro atoms. The van der Waals surface area contributed by atoms with Crippen LogP contribution in [-0.4, -0.2) is 38.1 Å². The van der Waals surface area contributed by atoms with E-state index in [0.717, 1.165) is 18.4 Å². The van der Waals surface area contributed by atoms with E-state index in [0.29, 0.717) is 0 Å². The smallest absolute Gasteiger partial charge is 0.00201 e. The third kappa shape index (κ3) is 3.42. The number of hydrogen-bond acceptors (Lipinski definition) is 2. The molecule has 2 aliphatic heterocycles. The number of hydrogen-bond donors (Lipinski definition) is 1. The van der Waals surface area contributed by atoms with Crippen molar-refractivity contribution in [2.45, 2.75) is 43.9 Å². The summed E-state index contributed by atoms with van der Waals surface area (Å²) in [4.78, 5) is 2.47. The van der Waals surface area contributed by atoms with Gasteiger partial charge in [0.15, 0.2) is 0 Å². The minimum atomic E-state index is 0.734. The Balaban J connectivity index is 1.65. The Hall–Kier alpha value is -0.860. The number of nitrogens with one attached hydrogen (secondary N) is 1. The number of nitrogens with zero attached hydrogens (tertiary/aromatic N) is 1. The first-order valence-corrected chi connectivity index (χ1v) is 8.32. The molecular formula is C18H28N2. The van der Waals surface area contributed by atoms with Crippen molar-refractivity contribution in [3.05, 3.63) is 35.4 Å². The van der Waals surface area contributed by atoms with E-state index in [1.807, 2.05) is 0 Å². The van der Waals surface area contributed by atoms with Crippen molar-refractivity contribution in [2.24, 2.45) is 0 Å². The molecule has 1 aromatic carbocycles. The molecular weight excluding hydrogens is 244 g/mol. The fourth-order valence-corrected chi connectivity index (χ4v) is 3.75. The standard InChI is InChI=1S/C18H28N2/c1-20-12-3-5-15(10-13-20)16-6-8-17(9-7-16)18-4-2-11-19-14-18/h6-9,15,18-19H,2-5,10-14H2,1H3. The maximum absolute atomic E-state index is 3.52. The summed E-state index contributed by atoms with van der Waals surface area (Å²) in [6.45, 7) is 4.87.